The van der Waals surface area contributed by atoms with Gasteiger partial charge >= 0.3 is 0 Å². The predicted octanol–water partition coefficient (Wildman–Crippen LogP) is 4.51. The van der Waals surface area contributed by atoms with Gasteiger partial charge in [0.25, 0.3) is 0 Å². The van der Waals surface area contributed by atoms with Crippen LogP contribution in [0.25, 0.3) is 10.9 Å². The van der Waals surface area contributed by atoms with E-state index in [2.05, 4.69) is 4.98 Å². The Hall–Kier alpha value is -2.42. The highest BCUT2D eigenvalue weighted by atomic mass is 19.1. The van der Waals surface area contributed by atoms with Crippen LogP contribution >= 0.6 is 0 Å². The van der Waals surface area contributed by atoms with Gasteiger partial charge in [-0.05, 0) is 43.3 Å². The minimum absolute atomic E-state index is 0.131. The van der Waals surface area contributed by atoms with Crippen molar-refractivity contribution in [1.82, 2.24) is 4.98 Å². The van der Waals surface area contributed by atoms with Crippen LogP contribution in [0.15, 0.2) is 60.8 Å². The van der Waals surface area contributed by atoms with Gasteiger partial charge in [-0.25, -0.2) is 4.39 Å². The van der Waals surface area contributed by atoms with Gasteiger partial charge < -0.3 is 4.74 Å². The molecule has 0 aliphatic rings. The Morgan fingerprint density at radius 3 is 2.55 bits per heavy atom. The van der Waals surface area contributed by atoms with Crippen LogP contribution in [0.4, 0.5) is 4.39 Å². The summed E-state index contributed by atoms with van der Waals surface area (Å²) in [6.07, 6.45) is 1.65. The highest BCUT2D eigenvalue weighted by Crippen LogP contribution is 2.26. The van der Waals surface area contributed by atoms with E-state index < -0.39 is 0 Å². The molecule has 1 unspecified atom stereocenters. The zero-order valence-corrected chi connectivity index (χ0v) is 11.1. The summed E-state index contributed by atoms with van der Waals surface area (Å²) in [5.74, 6) is 0.388. The number of rotatable bonds is 3. The maximum Gasteiger partial charge on any atom is 0.123 e. The van der Waals surface area contributed by atoms with E-state index in [0.29, 0.717) is 5.75 Å². The molecule has 0 fully saturated rings. The molecule has 3 heteroatoms. The number of fused-ring (bicyclic) bond motifs is 1. The summed E-state index contributed by atoms with van der Waals surface area (Å²) in [6.45, 7) is 1.98. The number of benzene rings is 2. The van der Waals surface area contributed by atoms with Gasteiger partial charge in [0.1, 0.15) is 17.7 Å². The van der Waals surface area contributed by atoms with Crippen molar-refractivity contribution in [2.24, 2.45) is 0 Å². The molecular formula is C17H14FNO. The molecule has 1 aromatic heterocycles. The van der Waals surface area contributed by atoms with Gasteiger partial charge in [0.15, 0.2) is 0 Å². The summed E-state index contributed by atoms with van der Waals surface area (Å²) in [5.41, 5.74) is 2.01. The van der Waals surface area contributed by atoms with Crippen molar-refractivity contribution < 1.29 is 9.13 Å². The monoisotopic (exact) mass is 267 g/mol. The lowest BCUT2D eigenvalue weighted by atomic mass is 10.1. The van der Waals surface area contributed by atoms with Gasteiger partial charge in [-0.1, -0.05) is 18.2 Å². The maximum absolute atomic E-state index is 12.9. The molecule has 0 radical (unpaired) electrons. The number of nitrogens with zero attached hydrogens (tertiary/aromatic N) is 1. The summed E-state index contributed by atoms with van der Waals surface area (Å²) < 4.78 is 18.8. The maximum atomic E-state index is 12.9. The first-order valence-corrected chi connectivity index (χ1v) is 6.50. The fraction of sp³-hybridized carbons (Fsp3) is 0.118. The summed E-state index contributed by atoms with van der Waals surface area (Å²) in [6, 6.07) is 16.0. The normalized spacial score (nSPS) is 12.3. The fourth-order valence-electron chi connectivity index (χ4n) is 2.25. The molecule has 2 aromatic carbocycles. The predicted molar refractivity (Wildman–Crippen MR) is 77.2 cm³/mol. The molecule has 1 atom stereocenters. The van der Waals surface area contributed by atoms with Crippen molar-refractivity contribution in [2.45, 2.75) is 13.0 Å². The van der Waals surface area contributed by atoms with Gasteiger partial charge in [0, 0.05) is 17.1 Å². The average molecular weight is 267 g/mol. The van der Waals surface area contributed by atoms with E-state index in [1.165, 1.54) is 12.1 Å². The second-order valence-corrected chi connectivity index (χ2v) is 4.63. The lowest BCUT2D eigenvalue weighted by Crippen LogP contribution is -2.04. The average Bonchev–Trinajstić information content (AvgIpc) is 2.49. The molecule has 0 spiro atoms. The third-order valence-electron chi connectivity index (χ3n) is 3.25. The van der Waals surface area contributed by atoms with Crippen molar-refractivity contribution in [3.63, 3.8) is 0 Å². The summed E-state index contributed by atoms with van der Waals surface area (Å²) in [5, 5.41) is 1.07. The Morgan fingerprint density at radius 1 is 1.00 bits per heavy atom. The molecule has 0 aliphatic carbocycles. The minimum Gasteiger partial charge on any atom is -0.486 e. The first-order valence-electron chi connectivity index (χ1n) is 6.50. The molecule has 0 saturated heterocycles. The Labute approximate surface area is 116 Å². The molecule has 0 aliphatic heterocycles. The van der Waals surface area contributed by atoms with Crippen LogP contribution in [0.2, 0.25) is 0 Å². The van der Waals surface area contributed by atoms with Crippen molar-refractivity contribution in [3.05, 3.63) is 72.2 Å². The number of aromatic nitrogens is 1. The molecule has 0 N–H and O–H groups in total. The van der Waals surface area contributed by atoms with Crippen LogP contribution in [0.1, 0.15) is 18.6 Å². The van der Waals surface area contributed by atoms with Gasteiger partial charge in [-0.2, -0.15) is 0 Å². The summed E-state index contributed by atoms with van der Waals surface area (Å²) in [4.78, 5) is 4.34. The fourth-order valence-corrected chi connectivity index (χ4v) is 2.25. The minimum atomic E-state index is -0.264. The van der Waals surface area contributed by atoms with E-state index in [-0.39, 0.29) is 11.9 Å². The highest BCUT2D eigenvalue weighted by Gasteiger charge is 2.11. The molecule has 3 aromatic rings. The quantitative estimate of drug-likeness (QED) is 0.696. The highest BCUT2D eigenvalue weighted by molar-refractivity contribution is 5.82. The Balaban J connectivity index is 1.92. The molecule has 0 amide bonds. The third-order valence-corrected chi connectivity index (χ3v) is 3.25. The van der Waals surface area contributed by atoms with E-state index in [1.54, 1.807) is 18.3 Å². The van der Waals surface area contributed by atoms with Crippen LogP contribution < -0.4 is 4.74 Å². The number of halogens is 1. The van der Waals surface area contributed by atoms with E-state index in [9.17, 15) is 4.39 Å². The molecule has 100 valence electrons. The smallest absolute Gasteiger partial charge is 0.123 e. The van der Waals surface area contributed by atoms with E-state index in [4.69, 9.17) is 4.74 Å². The van der Waals surface area contributed by atoms with E-state index >= 15 is 0 Å². The van der Waals surface area contributed by atoms with Crippen molar-refractivity contribution in [3.8, 4) is 5.75 Å². The Kier molecular flexibility index (Phi) is 3.33. The Morgan fingerprint density at radius 2 is 1.75 bits per heavy atom. The van der Waals surface area contributed by atoms with Crippen LogP contribution in [0.5, 0.6) is 5.75 Å². The molecule has 3 rings (SSSR count). The van der Waals surface area contributed by atoms with Crippen LogP contribution in [-0.4, -0.2) is 4.98 Å². The number of pyridine rings is 1. The van der Waals surface area contributed by atoms with Gasteiger partial charge in [0.2, 0.25) is 0 Å². The van der Waals surface area contributed by atoms with Crippen molar-refractivity contribution in [2.75, 3.05) is 0 Å². The number of hydrogen-bond acceptors (Lipinski definition) is 2. The van der Waals surface area contributed by atoms with E-state index in [1.807, 2.05) is 37.3 Å². The molecule has 1 heterocycles. The number of hydrogen-bond donors (Lipinski definition) is 0. The molecule has 20 heavy (non-hydrogen) atoms. The largest absolute Gasteiger partial charge is 0.486 e. The first-order chi connectivity index (χ1) is 9.74. The molecule has 2 nitrogen and oxygen atoms in total. The number of para-hydroxylation sites is 1. The van der Waals surface area contributed by atoms with Gasteiger partial charge in [-0.15, -0.1) is 0 Å². The second-order valence-electron chi connectivity index (χ2n) is 4.63. The van der Waals surface area contributed by atoms with Crippen LogP contribution in [0, 0.1) is 5.82 Å². The standard InChI is InChI=1S/C17H14FNO/c1-12(20-14-8-6-13(18)7-9-14)15-10-11-19-17-5-3-2-4-16(15)17/h2-12H,1H3. The van der Waals surface area contributed by atoms with E-state index in [0.717, 1.165) is 16.5 Å². The lowest BCUT2D eigenvalue weighted by molar-refractivity contribution is 0.228. The van der Waals surface area contributed by atoms with Crippen LogP contribution in [-0.2, 0) is 0 Å². The topological polar surface area (TPSA) is 22.1 Å². The zero-order valence-electron chi connectivity index (χ0n) is 11.1. The summed E-state index contributed by atoms with van der Waals surface area (Å²) >= 11 is 0. The zero-order chi connectivity index (χ0) is 13.9. The van der Waals surface area contributed by atoms with Crippen molar-refractivity contribution >= 4 is 10.9 Å². The van der Waals surface area contributed by atoms with Crippen LogP contribution in [0.3, 0.4) is 0 Å². The number of ether oxygens (including phenoxy) is 1. The third kappa shape index (κ3) is 2.48. The SMILES string of the molecule is CC(Oc1ccc(F)cc1)c1ccnc2ccccc12. The van der Waals surface area contributed by atoms with Gasteiger partial charge in [-0.3, -0.25) is 4.98 Å². The molecule has 0 saturated carbocycles. The molecule has 0 bridgehead atoms. The second kappa shape index (κ2) is 5.29. The lowest BCUT2D eigenvalue weighted by Gasteiger charge is -2.16. The summed E-state index contributed by atoms with van der Waals surface area (Å²) in [7, 11) is 0. The Bertz CT molecular complexity index is 719. The molecular weight excluding hydrogens is 253 g/mol. The van der Waals surface area contributed by atoms with Gasteiger partial charge in [0.05, 0.1) is 5.52 Å². The van der Waals surface area contributed by atoms with Crippen molar-refractivity contribution in [1.29, 1.82) is 0 Å². The first kappa shape index (κ1) is 12.6.